The number of benzene rings is 1. The van der Waals surface area contributed by atoms with Crippen molar-refractivity contribution in [3.05, 3.63) is 35.6 Å². The Morgan fingerprint density at radius 3 is 2.78 bits per heavy atom. The van der Waals surface area contributed by atoms with Gasteiger partial charge in [-0.15, -0.1) is 0 Å². The van der Waals surface area contributed by atoms with E-state index in [1.807, 2.05) is 0 Å². The lowest BCUT2D eigenvalue weighted by Crippen LogP contribution is -2.33. The smallest absolute Gasteiger partial charge is 0.129 e. The third-order valence-corrected chi connectivity index (χ3v) is 3.32. The highest BCUT2D eigenvalue weighted by molar-refractivity contribution is 5.20. The van der Waals surface area contributed by atoms with Crippen molar-refractivity contribution in [3.8, 4) is 0 Å². The van der Waals surface area contributed by atoms with Crippen molar-refractivity contribution in [1.29, 1.82) is 0 Å². The highest BCUT2D eigenvalue weighted by atomic mass is 19.1. The Morgan fingerprint density at radius 1 is 1.44 bits per heavy atom. The number of rotatable bonds is 7. The van der Waals surface area contributed by atoms with Gasteiger partial charge in [0.1, 0.15) is 5.82 Å². The highest BCUT2D eigenvalue weighted by Gasteiger charge is 2.30. The van der Waals surface area contributed by atoms with Gasteiger partial charge in [-0.05, 0) is 18.9 Å². The number of aliphatic hydroxyl groups is 1. The molecule has 0 spiro atoms. The van der Waals surface area contributed by atoms with E-state index in [0.29, 0.717) is 24.8 Å². The van der Waals surface area contributed by atoms with Gasteiger partial charge in [0, 0.05) is 31.8 Å². The normalized spacial score (nSPS) is 17.1. The van der Waals surface area contributed by atoms with Crippen LogP contribution in [0.3, 0.4) is 0 Å². The predicted octanol–water partition coefficient (Wildman–Crippen LogP) is 1.97. The van der Waals surface area contributed by atoms with Crippen LogP contribution in [0, 0.1) is 5.82 Å². The van der Waals surface area contributed by atoms with Crippen molar-refractivity contribution in [2.75, 3.05) is 26.8 Å². The molecule has 1 saturated carbocycles. The third-order valence-electron chi connectivity index (χ3n) is 3.32. The van der Waals surface area contributed by atoms with Crippen LogP contribution in [0.1, 0.15) is 24.5 Å². The van der Waals surface area contributed by atoms with Crippen molar-refractivity contribution < 1.29 is 14.2 Å². The third kappa shape index (κ3) is 3.51. The molecule has 1 unspecified atom stereocenters. The van der Waals surface area contributed by atoms with Crippen LogP contribution in [0.25, 0.3) is 0 Å². The molecule has 1 aromatic carbocycles. The molecular formula is C14H20FNO2. The van der Waals surface area contributed by atoms with Crippen molar-refractivity contribution >= 4 is 0 Å². The molecule has 0 aromatic heterocycles. The van der Waals surface area contributed by atoms with Crippen LogP contribution >= 0.6 is 0 Å². The maximum Gasteiger partial charge on any atom is 0.129 e. The minimum absolute atomic E-state index is 0.340. The van der Waals surface area contributed by atoms with Gasteiger partial charge in [-0.2, -0.15) is 0 Å². The van der Waals surface area contributed by atoms with Crippen LogP contribution in [-0.4, -0.2) is 42.9 Å². The van der Waals surface area contributed by atoms with E-state index >= 15 is 0 Å². The largest absolute Gasteiger partial charge is 0.387 e. The fraction of sp³-hybridized carbons (Fsp3) is 0.571. The van der Waals surface area contributed by atoms with E-state index in [0.717, 1.165) is 19.4 Å². The maximum absolute atomic E-state index is 13.6. The van der Waals surface area contributed by atoms with Gasteiger partial charge in [-0.3, -0.25) is 4.90 Å². The molecule has 100 valence electrons. The van der Waals surface area contributed by atoms with Crippen LogP contribution in [0.5, 0.6) is 0 Å². The second kappa shape index (κ2) is 6.27. The standard InChI is InChI=1S/C14H20FNO2/c1-18-9-8-16(11-6-7-11)10-14(17)12-4-2-3-5-13(12)15/h2-5,11,14,17H,6-10H2,1H3. The first-order valence-electron chi connectivity index (χ1n) is 6.38. The summed E-state index contributed by atoms with van der Waals surface area (Å²) in [5, 5.41) is 10.1. The van der Waals surface area contributed by atoms with Gasteiger partial charge in [-0.1, -0.05) is 18.2 Å². The average Bonchev–Trinajstić information content (AvgIpc) is 3.19. The Balaban J connectivity index is 1.96. The number of hydrogen-bond donors (Lipinski definition) is 1. The molecule has 3 nitrogen and oxygen atoms in total. The number of halogens is 1. The topological polar surface area (TPSA) is 32.7 Å². The lowest BCUT2D eigenvalue weighted by Gasteiger charge is -2.24. The summed E-state index contributed by atoms with van der Waals surface area (Å²) in [7, 11) is 1.67. The maximum atomic E-state index is 13.6. The number of aliphatic hydroxyl groups excluding tert-OH is 1. The van der Waals surface area contributed by atoms with Crippen molar-refractivity contribution in [2.45, 2.75) is 25.0 Å². The Bertz CT molecular complexity index is 382. The molecule has 0 aliphatic heterocycles. The zero-order valence-corrected chi connectivity index (χ0v) is 10.7. The Morgan fingerprint density at radius 2 is 2.17 bits per heavy atom. The van der Waals surface area contributed by atoms with Gasteiger partial charge in [0.15, 0.2) is 0 Å². The number of methoxy groups -OCH3 is 1. The first kappa shape index (κ1) is 13.5. The van der Waals surface area contributed by atoms with Crippen LogP contribution in [0.15, 0.2) is 24.3 Å². The van der Waals surface area contributed by atoms with Gasteiger partial charge >= 0.3 is 0 Å². The summed E-state index contributed by atoms with van der Waals surface area (Å²) < 4.78 is 18.6. The molecule has 1 aliphatic carbocycles. The second-order valence-electron chi connectivity index (χ2n) is 4.76. The Hall–Kier alpha value is -0.970. The van der Waals surface area contributed by atoms with Gasteiger partial charge in [0.25, 0.3) is 0 Å². The summed E-state index contributed by atoms with van der Waals surface area (Å²) in [6.07, 6.45) is 1.55. The molecule has 4 heteroatoms. The van der Waals surface area contributed by atoms with E-state index < -0.39 is 6.10 Å². The van der Waals surface area contributed by atoms with E-state index in [1.54, 1.807) is 25.3 Å². The molecule has 0 bridgehead atoms. The van der Waals surface area contributed by atoms with Crippen molar-refractivity contribution in [2.24, 2.45) is 0 Å². The fourth-order valence-electron chi connectivity index (χ4n) is 2.14. The van der Waals surface area contributed by atoms with Crippen molar-refractivity contribution in [3.63, 3.8) is 0 Å². The van der Waals surface area contributed by atoms with Gasteiger partial charge in [0.2, 0.25) is 0 Å². The molecule has 0 heterocycles. The molecular weight excluding hydrogens is 233 g/mol. The summed E-state index contributed by atoms with van der Waals surface area (Å²) in [5.74, 6) is -0.340. The molecule has 18 heavy (non-hydrogen) atoms. The minimum atomic E-state index is -0.774. The van der Waals surface area contributed by atoms with Crippen LogP contribution < -0.4 is 0 Å². The molecule has 2 rings (SSSR count). The highest BCUT2D eigenvalue weighted by Crippen LogP contribution is 2.29. The first-order valence-corrected chi connectivity index (χ1v) is 6.38. The SMILES string of the molecule is COCCN(CC(O)c1ccccc1F)C1CC1. The zero-order valence-electron chi connectivity index (χ0n) is 10.7. The molecule has 0 radical (unpaired) electrons. The molecule has 1 atom stereocenters. The van der Waals surface area contributed by atoms with E-state index in [9.17, 15) is 9.50 Å². The van der Waals surface area contributed by atoms with E-state index in [4.69, 9.17) is 4.74 Å². The summed E-state index contributed by atoms with van der Waals surface area (Å²) in [6.45, 7) is 1.89. The number of nitrogens with zero attached hydrogens (tertiary/aromatic N) is 1. The monoisotopic (exact) mass is 253 g/mol. The molecule has 1 N–H and O–H groups in total. The zero-order chi connectivity index (χ0) is 13.0. The van der Waals surface area contributed by atoms with E-state index in [2.05, 4.69) is 4.90 Å². The summed E-state index contributed by atoms with van der Waals surface area (Å²) >= 11 is 0. The Labute approximate surface area is 107 Å². The molecule has 1 aliphatic rings. The lowest BCUT2D eigenvalue weighted by molar-refractivity contribution is 0.0827. The van der Waals surface area contributed by atoms with Crippen molar-refractivity contribution in [1.82, 2.24) is 4.90 Å². The quantitative estimate of drug-likeness (QED) is 0.806. The summed E-state index contributed by atoms with van der Waals surface area (Å²) in [4.78, 5) is 2.18. The average molecular weight is 253 g/mol. The fourth-order valence-corrected chi connectivity index (χ4v) is 2.14. The van der Waals surface area contributed by atoms with E-state index in [1.165, 1.54) is 6.07 Å². The van der Waals surface area contributed by atoms with Gasteiger partial charge < -0.3 is 9.84 Å². The second-order valence-corrected chi connectivity index (χ2v) is 4.76. The lowest BCUT2D eigenvalue weighted by atomic mass is 10.1. The number of ether oxygens (including phenoxy) is 1. The number of hydrogen-bond acceptors (Lipinski definition) is 3. The predicted molar refractivity (Wildman–Crippen MR) is 67.8 cm³/mol. The van der Waals surface area contributed by atoms with Gasteiger partial charge in [0.05, 0.1) is 12.7 Å². The molecule has 0 saturated heterocycles. The minimum Gasteiger partial charge on any atom is -0.387 e. The Kier molecular flexibility index (Phi) is 4.69. The molecule has 1 aromatic rings. The molecule has 1 fully saturated rings. The first-order chi connectivity index (χ1) is 8.72. The van der Waals surface area contributed by atoms with E-state index in [-0.39, 0.29) is 5.82 Å². The summed E-state index contributed by atoms with van der Waals surface area (Å²) in [6, 6.07) is 6.94. The molecule has 0 amide bonds. The van der Waals surface area contributed by atoms with Gasteiger partial charge in [-0.25, -0.2) is 4.39 Å². The van der Waals surface area contributed by atoms with Crippen LogP contribution in [0.4, 0.5) is 4.39 Å². The summed E-state index contributed by atoms with van der Waals surface area (Å²) in [5.41, 5.74) is 0.376. The van der Waals surface area contributed by atoms with Crippen LogP contribution in [0.2, 0.25) is 0 Å². The van der Waals surface area contributed by atoms with Crippen LogP contribution in [-0.2, 0) is 4.74 Å².